The summed E-state index contributed by atoms with van der Waals surface area (Å²) >= 11 is 0. The summed E-state index contributed by atoms with van der Waals surface area (Å²) in [5, 5.41) is 4.28. The molecule has 0 aromatic carbocycles. The number of ether oxygens (including phenoxy) is 2. The van der Waals surface area contributed by atoms with Gasteiger partial charge in [-0.15, -0.1) is 0 Å². The van der Waals surface area contributed by atoms with Gasteiger partial charge < -0.3 is 14.4 Å². The number of hydrogen-bond donors (Lipinski definition) is 0. The van der Waals surface area contributed by atoms with Crippen LogP contribution in [0.3, 0.4) is 0 Å². The lowest BCUT2D eigenvalue weighted by Crippen LogP contribution is -2.56. The minimum Gasteiger partial charge on any atom is -0.378 e. The number of nitrogens with zero attached hydrogens (tertiary/aromatic N) is 3. The fraction of sp³-hybridized carbons (Fsp3) is 0.765. The van der Waals surface area contributed by atoms with Gasteiger partial charge in [0.1, 0.15) is 0 Å². The molecule has 3 rings (SSSR count). The van der Waals surface area contributed by atoms with Crippen molar-refractivity contribution in [2.45, 2.75) is 57.8 Å². The summed E-state index contributed by atoms with van der Waals surface area (Å²) in [6, 6.07) is 0. The predicted molar refractivity (Wildman–Crippen MR) is 86.5 cm³/mol. The van der Waals surface area contributed by atoms with Gasteiger partial charge in [-0.2, -0.15) is 5.10 Å². The minimum absolute atomic E-state index is 0.0850. The van der Waals surface area contributed by atoms with Crippen LogP contribution in [0.1, 0.15) is 48.7 Å². The number of hydrogen-bond acceptors (Lipinski definition) is 4. The lowest BCUT2D eigenvalue weighted by Gasteiger charge is -2.48. The monoisotopic (exact) mass is 321 g/mol. The average Bonchev–Trinajstić information content (AvgIpc) is 2.96. The molecular weight excluding hydrogens is 294 g/mol. The average molecular weight is 321 g/mol. The number of piperidine rings is 1. The molecule has 2 aliphatic rings. The summed E-state index contributed by atoms with van der Waals surface area (Å²) in [5.74, 6) is 0.0850. The van der Waals surface area contributed by atoms with Gasteiger partial charge >= 0.3 is 0 Å². The van der Waals surface area contributed by atoms with Crippen LogP contribution in [0.2, 0.25) is 0 Å². The first kappa shape index (κ1) is 16.5. The van der Waals surface area contributed by atoms with Crippen molar-refractivity contribution in [3.8, 4) is 0 Å². The lowest BCUT2D eigenvalue weighted by molar-refractivity contribution is -0.183. The maximum atomic E-state index is 12.8. The summed E-state index contributed by atoms with van der Waals surface area (Å²) in [5.41, 5.74) is 1.46. The van der Waals surface area contributed by atoms with E-state index in [1.54, 1.807) is 13.3 Å². The summed E-state index contributed by atoms with van der Waals surface area (Å²) in [6.45, 7) is 7.01. The smallest absolute Gasteiger partial charge is 0.257 e. The van der Waals surface area contributed by atoms with Gasteiger partial charge in [-0.1, -0.05) is 0 Å². The maximum Gasteiger partial charge on any atom is 0.257 e. The molecule has 6 nitrogen and oxygen atoms in total. The van der Waals surface area contributed by atoms with E-state index in [-0.39, 0.29) is 17.6 Å². The molecule has 1 amide bonds. The van der Waals surface area contributed by atoms with Crippen LogP contribution < -0.4 is 0 Å². The highest BCUT2D eigenvalue weighted by molar-refractivity contribution is 5.95. The predicted octanol–water partition coefficient (Wildman–Crippen LogP) is 2.01. The highest BCUT2D eigenvalue weighted by Crippen LogP contribution is 2.37. The Balaban J connectivity index is 1.68. The number of carbonyl (C=O) groups is 1. The molecule has 0 saturated carbocycles. The SMILES string of the molecule is CCn1ncc(C(=O)N2CCC3(CC2)OCCCC3OC)c1C. The van der Waals surface area contributed by atoms with E-state index in [4.69, 9.17) is 9.47 Å². The molecular formula is C17H27N3O3. The molecule has 6 heteroatoms. The van der Waals surface area contributed by atoms with Gasteiger partial charge in [0.2, 0.25) is 0 Å². The second-order valence-corrected chi connectivity index (χ2v) is 6.53. The normalized spacial score (nSPS) is 24.1. The Morgan fingerprint density at radius 2 is 2.22 bits per heavy atom. The third-order valence-corrected chi connectivity index (χ3v) is 5.40. The van der Waals surface area contributed by atoms with Gasteiger partial charge in [-0.25, -0.2) is 0 Å². The summed E-state index contributed by atoms with van der Waals surface area (Å²) < 4.78 is 13.6. The molecule has 2 fully saturated rings. The number of amides is 1. The number of likely N-dealkylation sites (tertiary alicyclic amines) is 1. The van der Waals surface area contributed by atoms with Crippen LogP contribution in [0.4, 0.5) is 0 Å². The van der Waals surface area contributed by atoms with Gasteiger partial charge in [0, 0.05) is 39.0 Å². The van der Waals surface area contributed by atoms with Gasteiger partial charge in [-0.05, 0) is 39.5 Å². The van der Waals surface area contributed by atoms with Crippen molar-refractivity contribution >= 4 is 5.91 Å². The molecule has 0 radical (unpaired) electrons. The Labute approximate surface area is 137 Å². The van der Waals surface area contributed by atoms with Gasteiger partial charge in [-0.3, -0.25) is 9.48 Å². The molecule has 0 bridgehead atoms. The number of methoxy groups -OCH3 is 1. The fourth-order valence-electron chi connectivity index (χ4n) is 3.93. The Morgan fingerprint density at radius 1 is 1.48 bits per heavy atom. The van der Waals surface area contributed by atoms with Gasteiger partial charge in [0.05, 0.1) is 23.5 Å². The largest absolute Gasteiger partial charge is 0.378 e. The fourth-order valence-corrected chi connectivity index (χ4v) is 3.93. The van der Waals surface area contributed by atoms with Crippen LogP contribution in [-0.4, -0.2) is 59.1 Å². The zero-order chi connectivity index (χ0) is 16.4. The van der Waals surface area contributed by atoms with E-state index >= 15 is 0 Å². The molecule has 1 spiro atoms. The van der Waals surface area contributed by atoms with E-state index < -0.39 is 0 Å². The molecule has 3 heterocycles. The topological polar surface area (TPSA) is 56.6 Å². The van der Waals surface area contributed by atoms with Crippen LogP contribution in [0.15, 0.2) is 6.20 Å². The molecule has 128 valence electrons. The van der Waals surface area contributed by atoms with Crippen molar-refractivity contribution < 1.29 is 14.3 Å². The van der Waals surface area contributed by atoms with Gasteiger partial charge in [0.25, 0.3) is 5.91 Å². The van der Waals surface area contributed by atoms with E-state index in [0.29, 0.717) is 0 Å². The third-order valence-electron chi connectivity index (χ3n) is 5.40. The van der Waals surface area contributed by atoms with Crippen LogP contribution in [0, 0.1) is 6.92 Å². The van der Waals surface area contributed by atoms with Gasteiger partial charge in [0.15, 0.2) is 0 Å². The standard InChI is InChI=1S/C17H27N3O3/c1-4-20-13(2)14(12-18-20)16(21)19-9-7-17(8-10-19)15(22-3)6-5-11-23-17/h12,15H,4-11H2,1-3H3. The molecule has 23 heavy (non-hydrogen) atoms. The summed E-state index contributed by atoms with van der Waals surface area (Å²) in [4.78, 5) is 14.7. The van der Waals surface area contributed by atoms with Crippen molar-refractivity contribution in [1.82, 2.24) is 14.7 Å². The first-order chi connectivity index (χ1) is 11.1. The Kier molecular flexibility index (Phi) is 4.73. The first-order valence-corrected chi connectivity index (χ1v) is 8.59. The van der Waals surface area contributed by atoms with Crippen LogP contribution in [0.25, 0.3) is 0 Å². The Bertz CT molecular complexity index is 561. The van der Waals surface area contributed by atoms with Crippen molar-refractivity contribution in [2.24, 2.45) is 0 Å². The van der Waals surface area contributed by atoms with Crippen molar-refractivity contribution in [3.63, 3.8) is 0 Å². The minimum atomic E-state index is -0.202. The molecule has 1 aromatic rings. The van der Waals surface area contributed by atoms with Crippen molar-refractivity contribution in [1.29, 1.82) is 0 Å². The van der Waals surface area contributed by atoms with Crippen molar-refractivity contribution in [3.05, 3.63) is 17.5 Å². The number of carbonyl (C=O) groups excluding carboxylic acids is 1. The molecule has 1 unspecified atom stereocenters. The molecule has 1 atom stereocenters. The third kappa shape index (κ3) is 2.90. The van der Waals surface area contributed by atoms with E-state index in [2.05, 4.69) is 5.10 Å². The number of aryl methyl sites for hydroxylation is 1. The Hall–Kier alpha value is -1.40. The van der Waals surface area contributed by atoms with Crippen LogP contribution in [-0.2, 0) is 16.0 Å². The first-order valence-electron chi connectivity index (χ1n) is 8.59. The molecule has 0 aliphatic carbocycles. The van der Waals surface area contributed by atoms with Crippen molar-refractivity contribution in [2.75, 3.05) is 26.8 Å². The zero-order valence-electron chi connectivity index (χ0n) is 14.4. The maximum absolute atomic E-state index is 12.8. The number of aromatic nitrogens is 2. The molecule has 1 aromatic heterocycles. The van der Waals surface area contributed by atoms with E-state index in [1.165, 1.54) is 0 Å². The van der Waals surface area contributed by atoms with E-state index in [1.807, 2.05) is 23.4 Å². The zero-order valence-corrected chi connectivity index (χ0v) is 14.4. The molecule has 0 N–H and O–H groups in total. The quantitative estimate of drug-likeness (QED) is 0.854. The second-order valence-electron chi connectivity index (χ2n) is 6.53. The van der Waals surface area contributed by atoms with E-state index in [0.717, 1.165) is 63.2 Å². The molecule has 2 saturated heterocycles. The summed E-state index contributed by atoms with van der Waals surface area (Å²) in [7, 11) is 1.77. The highest BCUT2D eigenvalue weighted by atomic mass is 16.5. The van der Waals surface area contributed by atoms with Crippen LogP contribution >= 0.6 is 0 Å². The lowest BCUT2D eigenvalue weighted by atomic mass is 9.81. The second kappa shape index (κ2) is 6.61. The Morgan fingerprint density at radius 3 is 2.83 bits per heavy atom. The van der Waals surface area contributed by atoms with Crippen LogP contribution in [0.5, 0.6) is 0 Å². The molecule has 2 aliphatic heterocycles. The summed E-state index contributed by atoms with van der Waals surface area (Å²) in [6.07, 6.45) is 5.64. The highest BCUT2D eigenvalue weighted by Gasteiger charge is 2.45. The number of rotatable bonds is 3. The van der Waals surface area contributed by atoms with E-state index in [9.17, 15) is 4.79 Å².